The standard InChI is InChI=1S/C7H5BrN2S/c1-4-9-6(8)5-2-3-11-7(5)10-4/h2-3H,1H3. The summed E-state index contributed by atoms with van der Waals surface area (Å²) in [5.41, 5.74) is 0. The topological polar surface area (TPSA) is 25.8 Å². The van der Waals surface area contributed by atoms with Crippen molar-refractivity contribution < 1.29 is 0 Å². The molecular weight excluding hydrogens is 224 g/mol. The Kier molecular flexibility index (Phi) is 1.65. The molecule has 0 N–H and O–H groups in total. The van der Waals surface area contributed by atoms with Crippen LogP contribution in [0.4, 0.5) is 0 Å². The first-order valence-electron chi connectivity index (χ1n) is 3.15. The van der Waals surface area contributed by atoms with Crippen molar-refractivity contribution in [2.75, 3.05) is 0 Å². The predicted molar refractivity (Wildman–Crippen MR) is 49.9 cm³/mol. The normalized spacial score (nSPS) is 10.7. The van der Waals surface area contributed by atoms with Crippen LogP contribution in [0.5, 0.6) is 0 Å². The van der Waals surface area contributed by atoms with Gasteiger partial charge in [0.25, 0.3) is 0 Å². The van der Waals surface area contributed by atoms with E-state index in [0.29, 0.717) is 0 Å². The zero-order chi connectivity index (χ0) is 7.84. The van der Waals surface area contributed by atoms with Crippen LogP contribution in [0.25, 0.3) is 10.2 Å². The van der Waals surface area contributed by atoms with E-state index in [2.05, 4.69) is 25.9 Å². The van der Waals surface area contributed by atoms with E-state index in [1.54, 1.807) is 11.3 Å². The maximum Gasteiger partial charge on any atom is 0.128 e. The number of thiophene rings is 1. The third kappa shape index (κ3) is 1.16. The summed E-state index contributed by atoms with van der Waals surface area (Å²) in [6.07, 6.45) is 0. The van der Waals surface area contributed by atoms with Crippen molar-refractivity contribution in [3.05, 3.63) is 21.9 Å². The number of aromatic nitrogens is 2. The molecule has 0 saturated carbocycles. The second-order valence-electron chi connectivity index (χ2n) is 2.20. The maximum atomic E-state index is 4.27. The van der Waals surface area contributed by atoms with Crippen molar-refractivity contribution in [3.63, 3.8) is 0 Å². The van der Waals surface area contributed by atoms with E-state index < -0.39 is 0 Å². The number of rotatable bonds is 0. The van der Waals surface area contributed by atoms with Crippen LogP contribution in [0.2, 0.25) is 0 Å². The number of fused-ring (bicyclic) bond motifs is 1. The van der Waals surface area contributed by atoms with E-state index in [9.17, 15) is 0 Å². The Bertz CT molecular complexity index is 396. The summed E-state index contributed by atoms with van der Waals surface area (Å²) in [6, 6.07) is 2.02. The molecule has 0 aromatic carbocycles. The van der Waals surface area contributed by atoms with Crippen LogP contribution in [-0.2, 0) is 0 Å². The van der Waals surface area contributed by atoms with Gasteiger partial charge in [-0.15, -0.1) is 11.3 Å². The van der Waals surface area contributed by atoms with Crippen molar-refractivity contribution in [1.82, 2.24) is 9.97 Å². The van der Waals surface area contributed by atoms with Gasteiger partial charge in [0.05, 0.1) is 0 Å². The lowest BCUT2D eigenvalue weighted by molar-refractivity contribution is 1.08. The van der Waals surface area contributed by atoms with Gasteiger partial charge in [0.1, 0.15) is 15.3 Å². The second-order valence-corrected chi connectivity index (χ2v) is 3.85. The molecule has 2 nitrogen and oxygen atoms in total. The average Bonchev–Trinajstić information content (AvgIpc) is 2.34. The molecule has 2 aromatic heterocycles. The van der Waals surface area contributed by atoms with Gasteiger partial charge in [-0.05, 0) is 34.3 Å². The van der Waals surface area contributed by atoms with Gasteiger partial charge in [-0.3, -0.25) is 0 Å². The van der Waals surface area contributed by atoms with Crippen LogP contribution in [-0.4, -0.2) is 9.97 Å². The molecule has 4 heteroatoms. The van der Waals surface area contributed by atoms with Crippen LogP contribution in [0.3, 0.4) is 0 Å². The highest BCUT2D eigenvalue weighted by Gasteiger charge is 2.02. The first-order chi connectivity index (χ1) is 5.27. The van der Waals surface area contributed by atoms with Crippen molar-refractivity contribution in [1.29, 1.82) is 0 Å². The molecule has 56 valence electrons. The third-order valence-corrected chi connectivity index (χ3v) is 2.80. The molecule has 0 aliphatic heterocycles. The van der Waals surface area contributed by atoms with Crippen LogP contribution in [0.15, 0.2) is 16.0 Å². The van der Waals surface area contributed by atoms with Crippen LogP contribution in [0, 0.1) is 6.92 Å². The van der Waals surface area contributed by atoms with Gasteiger partial charge < -0.3 is 0 Å². The summed E-state index contributed by atoms with van der Waals surface area (Å²) in [5, 5.41) is 3.12. The van der Waals surface area contributed by atoms with Crippen LogP contribution < -0.4 is 0 Å². The Balaban J connectivity index is 2.91. The van der Waals surface area contributed by atoms with Crippen molar-refractivity contribution >= 4 is 37.5 Å². The number of aryl methyl sites for hydroxylation is 1. The molecule has 0 spiro atoms. The van der Waals surface area contributed by atoms with Gasteiger partial charge in [0.15, 0.2) is 0 Å². The van der Waals surface area contributed by atoms with E-state index in [-0.39, 0.29) is 0 Å². The average molecular weight is 229 g/mol. The van der Waals surface area contributed by atoms with E-state index in [1.165, 1.54) is 0 Å². The van der Waals surface area contributed by atoms with Crippen molar-refractivity contribution in [2.45, 2.75) is 6.92 Å². The summed E-state index contributed by atoms with van der Waals surface area (Å²) in [5.74, 6) is 0.812. The Hall–Kier alpha value is -0.480. The van der Waals surface area contributed by atoms with Crippen molar-refractivity contribution in [2.24, 2.45) is 0 Å². The highest BCUT2D eigenvalue weighted by atomic mass is 79.9. The molecule has 2 rings (SSSR count). The molecule has 0 radical (unpaired) electrons. The van der Waals surface area contributed by atoms with Gasteiger partial charge in [0.2, 0.25) is 0 Å². The lowest BCUT2D eigenvalue weighted by Gasteiger charge is -1.93. The Morgan fingerprint density at radius 3 is 3.09 bits per heavy atom. The van der Waals surface area contributed by atoms with Crippen LogP contribution >= 0.6 is 27.3 Å². The molecular formula is C7H5BrN2S. The minimum atomic E-state index is 0.812. The number of halogens is 1. The fourth-order valence-electron chi connectivity index (χ4n) is 0.919. The van der Waals surface area contributed by atoms with E-state index >= 15 is 0 Å². The summed E-state index contributed by atoms with van der Waals surface area (Å²) < 4.78 is 0.890. The minimum absolute atomic E-state index is 0.812. The molecule has 0 aliphatic rings. The van der Waals surface area contributed by atoms with Crippen LogP contribution in [0.1, 0.15) is 5.82 Å². The molecule has 0 saturated heterocycles. The minimum Gasteiger partial charge on any atom is -0.226 e. The SMILES string of the molecule is Cc1nc(Br)c2ccsc2n1. The van der Waals surface area contributed by atoms with E-state index in [1.807, 2.05) is 18.4 Å². The summed E-state index contributed by atoms with van der Waals surface area (Å²) in [6.45, 7) is 1.89. The fourth-order valence-corrected chi connectivity index (χ4v) is 2.44. The molecule has 11 heavy (non-hydrogen) atoms. The van der Waals surface area contributed by atoms with Gasteiger partial charge in [-0.25, -0.2) is 9.97 Å². The molecule has 0 aliphatic carbocycles. The van der Waals surface area contributed by atoms with E-state index in [4.69, 9.17) is 0 Å². The summed E-state index contributed by atoms with van der Waals surface area (Å²) >= 11 is 5.02. The summed E-state index contributed by atoms with van der Waals surface area (Å²) in [7, 11) is 0. The Morgan fingerprint density at radius 2 is 2.27 bits per heavy atom. The van der Waals surface area contributed by atoms with E-state index in [0.717, 1.165) is 20.6 Å². The van der Waals surface area contributed by atoms with Gasteiger partial charge >= 0.3 is 0 Å². The Labute approximate surface area is 76.4 Å². The third-order valence-electron chi connectivity index (χ3n) is 1.39. The molecule has 2 heterocycles. The quantitative estimate of drug-likeness (QED) is 0.649. The number of hydrogen-bond donors (Lipinski definition) is 0. The van der Waals surface area contributed by atoms with Gasteiger partial charge in [-0.2, -0.15) is 0 Å². The summed E-state index contributed by atoms with van der Waals surface area (Å²) in [4.78, 5) is 9.51. The second kappa shape index (κ2) is 2.53. The van der Waals surface area contributed by atoms with Crippen molar-refractivity contribution in [3.8, 4) is 0 Å². The molecule has 0 bridgehead atoms. The monoisotopic (exact) mass is 228 g/mol. The predicted octanol–water partition coefficient (Wildman–Crippen LogP) is 2.76. The zero-order valence-corrected chi connectivity index (χ0v) is 8.24. The molecule has 0 amide bonds. The number of hydrogen-bond acceptors (Lipinski definition) is 3. The van der Waals surface area contributed by atoms with Gasteiger partial charge in [-0.1, -0.05) is 0 Å². The molecule has 0 unspecified atom stereocenters. The maximum absolute atomic E-state index is 4.27. The van der Waals surface area contributed by atoms with Gasteiger partial charge in [0, 0.05) is 5.39 Å². The Morgan fingerprint density at radius 1 is 1.45 bits per heavy atom. The molecule has 0 atom stereocenters. The lowest BCUT2D eigenvalue weighted by atomic mass is 10.4. The fraction of sp³-hybridized carbons (Fsp3) is 0.143. The first kappa shape index (κ1) is 7.18. The smallest absolute Gasteiger partial charge is 0.128 e. The highest BCUT2D eigenvalue weighted by molar-refractivity contribution is 9.10. The zero-order valence-electron chi connectivity index (χ0n) is 5.84. The molecule has 2 aromatic rings. The molecule has 0 fully saturated rings. The lowest BCUT2D eigenvalue weighted by Crippen LogP contribution is -1.86. The number of nitrogens with zero attached hydrogens (tertiary/aromatic N) is 2. The largest absolute Gasteiger partial charge is 0.226 e. The first-order valence-corrected chi connectivity index (χ1v) is 4.82. The highest BCUT2D eigenvalue weighted by Crippen LogP contribution is 2.24.